The number of anilines is 2. The van der Waals surface area contributed by atoms with E-state index in [4.69, 9.17) is 4.98 Å². The van der Waals surface area contributed by atoms with E-state index in [1.807, 2.05) is 6.07 Å². The average molecular weight is 345 g/mol. The molecule has 0 bridgehead atoms. The van der Waals surface area contributed by atoms with E-state index in [0.717, 1.165) is 43.8 Å². The molecular formula is C22H23N3O. The summed E-state index contributed by atoms with van der Waals surface area (Å²) >= 11 is 0. The molecule has 4 heteroatoms. The molecule has 2 aliphatic rings. The van der Waals surface area contributed by atoms with Gasteiger partial charge in [-0.25, -0.2) is 4.98 Å². The molecule has 3 aromatic rings. The van der Waals surface area contributed by atoms with E-state index in [1.54, 1.807) is 0 Å². The number of benzene rings is 2. The highest BCUT2D eigenvalue weighted by molar-refractivity contribution is 5.93. The molecule has 5 rings (SSSR count). The second kappa shape index (κ2) is 6.29. The minimum atomic E-state index is -0.242. The fourth-order valence-electron chi connectivity index (χ4n) is 4.22. The Balaban J connectivity index is 1.58. The number of aliphatic hydroxyl groups is 1. The lowest BCUT2D eigenvalue weighted by Crippen LogP contribution is -2.31. The lowest BCUT2D eigenvalue weighted by molar-refractivity contribution is 0.198. The topological polar surface area (TPSA) is 39.6 Å². The quantitative estimate of drug-likeness (QED) is 0.773. The molecule has 0 saturated carbocycles. The second-order valence-electron chi connectivity index (χ2n) is 7.35. The van der Waals surface area contributed by atoms with E-state index in [2.05, 4.69) is 58.3 Å². The van der Waals surface area contributed by atoms with Gasteiger partial charge in [-0.2, -0.15) is 0 Å². The molecule has 132 valence electrons. The van der Waals surface area contributed by atoms with Crippen LogP contribution in [0.4, 0.5) is 11.5 Å². The molecule has 0 aliphatic carbocycles. The maximum Gasteiger partial charge on any atom is 0.131 e. The minimum absolute atomic E-state index is 0.242. The van der Waals surface area contributed by atoms with Gasteiger partial charge in [0.15, 0.2) is 0 Å². The zero-order valence-electron chi connectivity index (χ0n) is 14.8. The summed E-state index contributed by atoms with van der Waals surface area (Å²) in [6.45, 7) is 3.50. The first-order valence-corrected chi connectivity index (χ1v) is 9.42. The number of pyridine rings is 1. The van der Waals surface area contributed by atoms with E-state index in [-0.39, 0.29) is 6.10 Å². The summed E-state index contributed by atoms with van der Waals surface area (Å²) in [4.78, 5) is 9.56. The standard InChI is InChI=1S/C22H23N3O/c26-18-10-12-25(15-18)22-13-21(19-7-3-4-8-20(19)23-22)24-11-9-16-5-1-2-6-17(16)14-24/h1-8,13,18,26H,9-12,14-15H2. The second-order valence-corrected chi connectivity index (χ2v) is 7.35. The van der Waals surface area contributed by atoms with Gasteiger partial charge in [0.1, 0.15) is 5.82 Å². The molecule has 1 unspecified atom stereocenters. The Hall–Kier alpha value is -2.59. The highest BCUT2D eigenvalue weighted by atomic mass is 16.3. The summed E-state index contributed by atoms with van der Waals surface area (Å²) in [5, 5.41) is 11.1. The van der Waals surface area contributed by atoms with Crippen molar-refractivity contribution in [1.29, 1.82) is 0 Å². The molecule has 4 nitrogen and oxygen atoms in total. The summed E-state index contributed by atoms with van der Waals surface area (Å²) in [5.74, 6) is 0.981. The lowest BCUT2D eigenvalue weighted by atomic mass is 9.99. The van der Waals surface area contributed by atoms with E-state index >= 15 is 0 Å². The van der Waals surface area contributed by atoms with Crippen molar-refractivity contribution in [2.24, 2.45) is 0 Å². The SMILES string of the molecule is OC1CCN(c2cc(N3CCc4ccccc4C3)c3ccccc3n2)C1. The zero-order valence-corrected chi connectivity index (χ0v) is 14.8. The largest absolute Gasteiger partial charge is 0.391 e. The van der Waals surface area contributed by atoms with E-state index in [0.29, 0.717) is 6.54 Å². The van der Waals surface area contributed by atoms with Crippen LogP contribution in [0.5, 0.6) is 0 Å². The van der Waals surface area contributed by atoms with Gasteiger partial charge >= 0.3 is 0 Å². The van der Waals surface area contributed by atoms with E-state index in [9.17, 15) is 5.11 Å². The van der Waals surface area contributed by atoms with Crippen LogP contribution >= 0.6 is 0 Å². The first-order chi connectivity index (χ1) is 12.8. The van der Waals surface area contributed by atoms with E-state index in [1.165, 1.54) is 22.2 Å². The third-order valence-electron chi connectivity index (χ3n) is 5.64. The minimum Gasteiger partial charge on any atom is -0.391 e. The molecule has 1 fully saturated rings. The summed E-state index contributed by atoms with van der Waals surface area (Å²) in [5.41, 5.74) is 5.16. The summed E-state index contributed by atoms with van der Waals surface area (Å²) in [7, 11) is 0. The van der Waals surface area contributed by atoms with Crippen LogP contribution in [0.15, 0.2) is 54.6 Å². The number of hydrogen-bond acceptors (Lipinski definition) is 4. The van der Waals surface area contributed by atoms with Gasteiger partial charge in [-0.15, -0.1) is 0 Å². The normalized spacial score (nSPS) is 19.8. The number of nitrogens with zero attached hydrogens (tertiary/aromatic N) is 3. The molecule has 1 atom stereocenters. The van der Waals surface area contributed by atoms with Crippen molar-refractivity contribution in [3.63, 3.8) is 0 Å². The summed E-state index contributed by atoms with van der Waals surface area (Å²) in [6, 6.07) is 19.4. The number of hydrogen-bond donors (Lipinski definition) is 1. The third-order valence-corrected chi connectivity index (χ3v) is 5.64. The van der Waals surface area contributed by atoms with Crippen molar-refractivity contribution < 1.29 is 5.11 Å². The van der Waals surface area contributed by atoms with Crippen molar-refractivity contribution in [2.45, 2.75) is 25.5 Å². The Labute approximate surface area is 153 Å². The number of rotatable bonds is 2. The van der Waals surface area contributed by atoms with Crippen LogP contribution in [0.2, 0.25) is 0 Å². The van der Waals surface area contributed by atoms with Crippen molar-refractivity contribution >= 4 is 22.4 Å². The van der Waals surface area contributed by atoms with Crippen molar-refractivity contribution in [2.75, 3.05) is 29.4 Å². The number of para-hydroxylation sites is 1. The Morgan fingerprint density at radius 2 is 1.73 bits per heavy atom. The fourth-order valence-corrected chi connectivity index (χ4v) is 4.22. The summed E-state index contributed by atoms with van der Waals surface area (Å²) in [6.07, 6.45) is 1.65. The summed E-state index contributed by atoms with van der Waals surface area (Å²) < 4.78 is 0. The first-order valence-electron chi connectivity index (χ1n) is 9.42. The average Bonchev–Trinajstić information content (AvgIpc) is 3.13. The van der Waals surface area contributed by atoms with Gasteiger partial charge in [0.2, 0.25) is 0 Å². The number of aliphatic hydroxyl groups excluding tert-OH is 1. The smallest absolute Gasteiger partial charge is 0.131 e. The number of aromatic nitrogens is 1. The van der Waals surface area contributed by atoms with Gasteiger partial charge in [-0.1, -0.05) is 42.5 Å². The number of β-amino-alcohol motifs (C(OH)–C–C–N with tert-alkyl or cyclic N) is 1. The molecule has 1 N–H and O–H groups in total. The lowest BCUT2D eigenvalue weighted by Gasteiger charge is -2.32. The molecule has 0 spiro atoms. The van der Waals surface area contributed by atoms with Crippen LogP contribution in [0.25, 0.3) is 10.9 Å². The maximum atomic E-state index is 9.92. The highest BCUT2D eigenvalue weighted by Gasteiger charge is 2.24. The van der Waals surface area contributed by atoms with Gasteiger partial charge in [-0.3, -0.25) is 0 Å². The molecular weight excluding hydrogens is 322 g/mol. The first kappa shape index (κ1) is 15.6. The van der Waals surface area contributed by atoms with Gasteiger partial charge in [-0.05, 0) is 30.0 Å². The molecule has 2 aromatic carbocycles. The van der Waals surface area contributed by atoms with Crippen LogP contribution in [0, 0.1) is 0 Å². The molecule has 0 radical (unpaired) electrons. The van der Waals surface area contributed by atoms with Gasteiger partial charge in [0.05, 0.1) is 17.3 Å². The molecule has 1 saturated heterocycles. The van der Waals surface area contributed by atoms with Crippen LogP contribution in [-0.2, 0) is 13.0 Å². The van der Waals surface area contributed by atoms with Crippen molar-refractivity contribution in [3.05, 3.63) is 65.7 Å². The molecule has 1 aromatic heterocycles. The van der Waals surface area contributed by atoms with Gasteiger partial charge < -0.3 is 14.9 Å². The number of fused-ring (bicyclic) bond motifs is 2. The van der Waals surface area contributed by atoms with Crippen LogP contribution < -0.4 is 9.80 Å². The monoisotopic (exact) mass is 345 g/mol. The van der Waals surface area contributed by atoms with E-state index < -0.39 is 0 Å². The Kier molecular flexibility index (Phi) is 3.79. The van der Waals surface area contributed by atoms with Crippen LogP contribution in [0.3, 0.4) is 0 Å². The molecule has 0 amide bonds. The fraction of sp³-hybridized carbons (Fsp3) is 0.318. The molecule has 3 heterocycles. The van der Waals surface area contributed by atoms with Crippen molar-refractivity contribution in [3.8, 4) is 0 Å². The van der Waals surface area contributed by atoms with Crippen molar-refractivity contribution in [1.82, 2.24) is 4.98 Å². The predicted octanol–water partition coefficient (Wildman–Crippen LogP) is 3.37. The molecule has 2 aliphatic heterocycles. The zero-order chi connectivity index (χ0) is 17.5. The Morgan fingerprint density at radius 1 is 0.923 bits per heavy atom. The highest BCUT2D eigenvalue weighted by Crippen LogP contribution is 2.34. The maximum absolute atomic E-state index is 9.92. The predicted molar refractivity (Wildman–Crippen MR) is 106 cm³/mol. The Bertz CT molecular complexity index is 955. The third kappa shape index (κ3) is 2.71. The van der Waals surface area contributed by atoms with Gasteiger partial charge in [0, 0.05) is 37.6 Å². The van der Waals surface area contributed by atoms with Crippen LogP contribution in [0.1, 0.15) is 17.5 Å². The van der Waals surface area contributed by atoms with Crippen LogP contribution in [-0.4, -0.2) is 35.8 Å². The van der Waals surface area contributed by atoms with Gasteiger partial charge in [0.25, 0.3) is 0 Å². The molecule has 26 heavy (non-hydrogen) atoms. The Morgan fingerprint density at radius 3 is 2.58 bits per heavy atom.